The van der Waals surface area contributed by atoms with Gasteiger partial charge in [-0.1, -0.05) is 30.7 Å². The third-order valence-corrected chi connectivity index (χ3v) is 6.53. The number of hydrogen-bond donors (Lipinski definition) is 2. The Morgan fingerprint density at radius 1 is 0.941 bits per heavy atom. The largest absolute Gasteiger partial charge is 0.549 e. The molecule has 182 valence electrons. The molecule has 0 amide bonds. The Morgan fingerprint density at radius 3 is 2.47 bits per heavy atom. The number of rotatable bonds is 10. The SMILES string of the molecule is COc1ccc(CN=c2[nH][s+]([O-])[nH]c2=NCCCOc2cccc(CN3CCCCC3)c2)cc1. The molecule has 0 spiro atoms. The van der Waals surface area contributed by atoms with Gasteiger partial charge in [0.15, 0.2) is 0 Å². The maximum absolute atomic E-state index is 11.9. The van der Waals surface area contributed by atoms with Crippen LogP contribution >= 0.6 is 11.1 Å². The highest BCUT2D eigenvalue weighted by Crippen LogP contribution is 2.18. The van der Waals surface area contributed by atoms with Crippen LogP contribution in [0.3, 0.4) is 0 Å². The fourth-order valence-electron chi connectivity index (χ4n) is 3.97. The molecule has 1 aromatic heterocycles. The molecule has 2 aromatic carbocycles. The Bertz CT molecular complexity index is 1160. The summed E-state index contributed by atoms with van der Waals surface area (Å²) in [4.78, 5) is 11.6. The molecule has 4 rings (SSSR count). The molecule has 1 aliphatic rings. The number of methoxy groups -OCH3 is 1. The van der Waals surface area contributed by atoms with E-state index in [1.165, 1.54) is 37.9 Å². The van der Waals surface area contributed by atoms with Gasteiger partial charge in [-0.3, -0.25) is 14.9 Å². The van der Waals surface area contributed by atoms with E-state index in [4.69, 9.17) is 9.47 Å². The Hall–Kier alpha value is -2.88. The summed E-state index contributed by atoms with van der Waals surface area (Å²) in [5.74, 6) is 1.70. The fraction of sp³-hybridized carbons (Fsp3) is 0.440. The number of likely N-dealkylation sites (tertiary alicyclic amines) is 1. The fourth-order valence-corrected chi connectivity index (χ4v) is 4.69. The van der Waals surface area contributed by atoms with Gasteiger partial charge in [0.2, 0.25) is 11.0 Å². The van der Waals surface area contributed by atoms with E-state index in [-0.39, 0.29) is 0 Å². The normalized spacial score (nSPS) is 16.1. The van der Waals surface area contributed by atoms with E-state index in [1.807, 2.05) is 30.3 Å². The summed E-state index contributed by atoms with van der Waals surface area (Å²) in [5.41, 5.74) is 3.36. The predicted octanol–water partition coefficient (Wildman–Crippen LogP) is 3.54. The molecular weight excluding hydrogens is 450 g/mol. The molecule has 1 fully saturated rings. The minimum absolute atomic E-state index is 0.459. The van der Waals surface area contributed by atoms with Crippen LogP contribution in [0, 0.1) is 0 Å². The van der Waals surface area contributed by atoms with Gasteiger partial charge in [-0.25, -0.2) is 0 Å². The van der Waals surface area contributed by atoms with Crippen LogP contribution in [-0.4, -0.2) is 51.6 Å². The van der Waals surface area contributed by atoms with E-state index >= 15 is 0 Å². The number of aromatic nitrogens is 2. The molecule has 1 unspecified atom stereocenters. The third-order valence-electron chi connectivity index (χ3n) is 5.78. The number of H-pyrrole nitrogens is 2. The average Bonchev–Trinajstić information content (AvgIpc) is 3.23. The molecular formula is C25H33N5O3S. The van der Waals surface area contributed by atoms with Gasteiger partial charge >= 0.3 is 0 Å². The first-order chi connectivity index (χ1) is 16.7. The molecule has 1 atom stereocenters. The first-order valence-electron chi connectivity index (χ1n) is 11.8. The molecule has 1 aliphatic heterocycles. The number of nitrogens with zero attached hydrogens (tertiary/aromatic N) is 3. The quantitative estimate of drug-likeness (QED) is 0.340. The van der Waals surface area contributed by atoms with E-state index in [9.17, 15) is 4.55 Å². The van der Waals surface area contributed by atoms with E-state index in [2.05, 4.69) is 41.8 Å². The molecule has 1 saturated heterocycles. The second-order valence-corrected chi connectivity index (χ2v) is 9.35. The van der Waals surface area contributed by atoms with Crippen LogP contribution in [0.2, 0.25) is 0 Å². The summed E-state index contributed by atoms with van der Waals surface area (Å²) < 4.78 is 28.7. The Kier molecular flexibility index (Phi) is 8.95. The second-order valence-electron chi connectivity index (χ2n) is 8.40. The van der Waals surface area contributed by atoms with Crippen LogP contribution in [-0.2, 0) is 13.1 Å². The topological polar surface area (TPSA) is 101 Å². The summed E-state index contributed by atoms with van der Waals surface area (Å²) in [7, 11) is 1.64. The standard InChI is InChI=1S/C25H33N5O3S/c1-32-22-11-9-20(10-12-22)18-27-25-24(28-34(31)29-25)26-13-6-16-33-23-8-5-7-21(17-23)19-30-14-3-2-4-15-30/h5,7-12,17H,2-4,6,13-16,18-19H2,1H3,(H,26,28)(H,27,29). The molecule has 2 heterocycles. The van der Waals surface area contributed by atoms with E-state index in [1.54, 1.807) is 7.11 Å². The highest BCUT2D eigenvalue weighted by atomic mass is 32.2. The maximum Gasteiger partial charge on any atom is 0.219 e. The van der Waals surface area contributed by atoms with Gasteiger partial charge in [-0.15, -0.1) is 0 Å². The molecule has 9 heteroatoms. The number of hydrogen-bond acceptors (Lipinski definition) is 6. The number of ether oxygens (including phenoxy) is 2. The third kappa shape index (κ3) is 7.31. The minimum Gasteiger partial charge on any atom is -0.549 e. The lowest BCUT2D eigenvalue weighted by atomic mass is 10.1. The number of nitrogens with one attached hydrogen (secondary N) is 2. The first-order valence-corrected chi connectivity index (χ1v) is 13.0. The molecule has 3 aromatic rings. The minimum atomic E-state index is -1.41. The Labute approximate surface area is 203 Å². The van der Waals surface area contributed by atoms with E-state index in [0.717, 1.165) is 30.0 Å². The van der Waals surface area contributed by atoms with Crippen LogP contribution in [0.25, 0.3) is 0 Å². The zero-order valence-electron chi connectivity index (χ0n) is 19.7. The lowest BCUT2D eigenvalue weighted by molar-refractivity contribution is 0.220. The van der Waals surface area contributed by atoms with E-state index in [0.29, 0.717) is 30.7 Å². The average molecular weight is 484 g/mol. The summed E-state index contributed by atoms with van der Waals surface area (Å²) in [5, 5.41) is 0. The molecule has 34 heavy (non-hydrogen) atoms. The lowest BCUT2D eigenvalue weighted by Gasteiger charge is -2.26. The molecule has 0 radical (unpaired) electrons. The van der Waals surface area contributed by atoms with Crippen molar-refractivity contribution in [2.45, 2.75) is 38.8 Å². The van der Waals surface area contributed by atoms with Crippen molar-refractivity contribution in [1.82, 2.24) is 13.6 Å². The zero-order chi connectivity index (χ0) is 23.6. The molecule has 0 bridgehead atoms. The van der Waals surface area contributed by atoms with Crippen LogP contribution in [0.4, 0.5) is 0 Å². The summed E-state index contributed by atoms with van der Waals surface area (Å²) >= 11 is -1.41. The van der Waals surface area contributed by atoms with Crippen molar-refractivity contribution >= 4 is 11.1 Å². The molecule has 2 N–H and O–H groups in total. The highest BCUT2D eigenvalue weighted by molar-refractivity contribution is 7.13. The van der Waals surface area contributed by atoms with Crippen molar-refractivity contribution in [3.63, 3.8) is 0 Å². The number of aromatic amines is 2. The summed E-state index contributed by atoms with van der Waals surface area (Å²) in [6.45, 7) is 4.93. The maximum atomic E-state index is 11.9. The van der Waals surface area contributed by atoms with Crippen LogP contribution in [0.1, 0.15) is 36.8 Å². The van der Waals surface area contributed by atoms with Crippen molar-refractivity contribution in [3.8, 4) is 11.5 Å². The van der Waals surface area contributed by atoms with Crippen molar-refractivity contribution in [2.75, 3.05) is 33.4 Å². The lowest BCUT2D eigenvalue weighted by Crippen LogP contribution is -2.29. The molecule has 0 aliphatic carbocycles. The highest BCUT2D eigenvalue weighted by Gasteiger charge is 2.10. The number of benzene rings is 2. The second kappa shape index (κ2) is 12.5. The van der Waals surface area contributed by atoms with Crippen LogP contribution in [0.15, 0.2) is 58.5 Å². The summed E-state index contributed by atoms with van der Waals surface area (Å²) in [6, 6.07) is 16.1. The molecule has 8 nitrogen and oxygen atoms in total. The van der Waals surface area contributed by atoms with Crippen molar-refractivity contribution in [1.29, 1.82) is 0 Å². The van der Waals surface area contributed by atoms with E-state index < -0.39 is 11.1 Å². The monoisotopic (exact) mass is 483 g/mol. The van der Waals surface area contributed by atoms with Gasteiger partial charge in [0.05, 0.1) is 20.3 Å². The smallest absolute Gasteiger partial charge is 0.219 e. The Balaban J connectivity index is 1.28. The Morgan fingerprint density at radius 2 is 1.71 bits per heavy atom. The van der Waals surface area contributed by atoms with Crippen molar-refractivity contribution < 1.29 is 14.0 Å². The summed E-state index contributed by atoms with van der Waals surface area (Å²) in [6.07, 6.45) is 4.69. The van der Waals surface area contributed by atoms with Gasteiger partial charge in [0, 0.05) is 19.5 Å². The van der Waals surface area contributed by atoms with Crippen molar-refractivity contribution in [2.24, 2.45) is 9.98 Å². The van der Waals surface area contributed by atoms with Gasteiger partial charge in [-0.2, -0.15) is 8.75 Å². The van der Waals surface area contributed by atoms with Crippen LogP contribution < -0.4 is 20.4 Å². The first kappa shape index (κ1) is 24.3. The zero-order valence-corrected chi connectivity index (χ0v) is 20.5. The molecule has 0 saturated carbocycles. The van der Waals surface area contributed by atoms with Gasteiger partial charge in [0.1, 0.15) is 22.6 Å². The van der Waals surface area contributed by atoms with Gasteiger partial charge in [-0.05, 0) is 61.3 Å². The van der Waals surface area contributed by atoms with Gasteiger partial charge < -0.3 is 14.0 Å². The van der Waals surface area contributed by atoms with Crippen molar-refractivity contribution in [3.05, 3.63) is 70.6 Å². The number of piperidine rings is 1. The predicted molar refractivity (Wildman–Crippen MR) is 132 cm³/mol. The van der Waals surface area contributed by atoms with Crippen LogP contribution in [0.5, 0.6) is 11.5 Å². The van der Waals surface area contributed by atoms with Gasteiger partial charge in [0.25, 0.3) is 0 Å².